The Bertz CT molecular complexity index is 2130. The number of aromatic nitrogens is 2. The molecule has 7 rings (SSSR count). The molecule has 296 valence electrons. The van der Waals surface area contributed by atoms with Gasteiger partial charge in [0.05, 0.1) is 44.6 Å². The van der Waals surface area contributed by atoms with Crippen molar-refractivity contribution in [3.63, 3.8) is 0 Å². The van der Waals surface area contributed by atoms with Gasteiger partial charge in [-0.2, -0.15) is 0 Å². The van der Waals surface area contributed by atoms with Gasteiger partial charge in [-0.1, -0.05) is 0 Å². The predicted octanol–water partition coefficient (Wildman–Crippen LogP) is 4.79. The van der Waals surface area contributed by atoms with Crippen molar-refractivity contribution in [2.24, 2.45) is 7.05 Å². The van der Waals surface area contributed by atoms with E-state index in [1.165, 1.54) is 12.0 Å². The van der Waals surface area contributed by atoms with Gasteiger partial charge >= 0.3 is 6.03 Å². The van der Waals surface area contributed by atoms with Crippen LogP contribution in [-0.2, 0) is 23.0 Å². The number of urea groups is 1. The van der Waals surface area contributed by atoms with Crippen molar-refractivity contribution in [3.8, 4) is 28.4 Å². The summed E-state index contributed by atoms with van der Waals surface area (Å²) < 4.78 is 25.4. The minimum absolute atomic E-state index is 0.0905. The summed E-state index contributed by atoms with van der Waals surface area (Å²) in [5.74, 6) is 1.56. The second kappa shape index (κ2) is 17.1. The van der Waals surface area contributed by atoms with Gasteiger partial charge in [-0.05, 0) is 92.4 Å². The molecule has 2 aromatic heterocycles. The molecule has 4 aromatic rings. The third-order valence-electron chi connectivity index (χ3n) is 11.2. The Morgan fingerprint density at radius 3 is 2.18 bits per heavy atom. The number of ether oxygens (including phenoxy) is 4. The summed E-state index contributed by atoms with van der Waals surface area (Å²) in [6.07, 6.45) is 10.8. The number of anilines is 1. The van der Waals surface area contributed by atoms with Crippen LogP contribution in [0, 0.1) is 0 Å². The minimum Gasteiger partial charge on any atom is -0.496 e. The van der Waals surface area contributed by atoms with Crippen LogP contribution in [0.3, 0.4) is 0 Å². The van der Waals surface area contributed by atoms with E-state index in [1.54, 1.807) is 56.4 Å². The normalized spacial score (nSPS) is 17.3. The van der Waals surface area contributed by atoms with Gasteiger partial charge in [0.25, 0.3) is 11.5 Å². The first-order chi connectivity index (χ1) is 27.2. The fourth-order valence-corrected chi connectivity index (χ4v) is 8.15. The maximum Gasteiger partial charge on any atom is 0.328 e. The van der Waals surface area contributed by atoms with Crippen LogP contribution in [0.4, 0.5) is 10.5 Å². The number of fused-ring (bicyclic) bond motifs is 1. The maximum absolute atomic E-state index is 13.5. The molecule has 56 heavy (non-hydrogen) atoms. The molecule has 0 aliphatic carbocycles. The Hall–Kier alpha value is -5.47. The van der Waals surface area contributed by atoms with Gasteiger partial charge in [0.15, 0.2) is 0 Å². The van der Waals surface area contributed by atoms with Gasteiger partial charge in [0, 0.05) is 81.5 Å². The molecule has 0 saturated carbocycles. The lowest BCUT2D eigenvalue weighted by molar-refractivity contribution is -0.120. The number of carbonyl (C=O) groups excluding carboxylic acids is 3. The van der Waals surface area contributed by atoms with E-state index in [4.69, 9.17) is 18.9 Å². The van der Waals surface area contributed by atoms with E-state index >= 15 is 0 Å². The Kier molecular flexibility index (Phi) is 11.9. The van der Waals surface area contributed by atoms with Crippen LogP contribution in [0.1, 0.15) is 54.4 Å². The third kappa shape index (κ3) is 8.21. The highest BCUT2D eigenvalue weighted by Crippen LogP contribution is 2.38. The molecule has 14 nitrogen and oxygen atoms in total. The zero-order valence-electron chi connectivity index (χ0n) is 32.5. The highest BCUT2D eigenvalue weighted by Gasteiger charge is 2.31. The number of imide groups is 1. The second-order valence-corrected chi connectivity index (χ2v) is 14.7. The van der Waals surface area contributed by atoms with Crippen molar-refractivity contribution in [3.05, 3.63) is 76.5 Å². The summed E-state index contributed by atoms with van der Waals surface area (Å²) in [5, 5.41) is 3.73. The number of nitrogens with one attached hydrogen (secondary N) is 1. The molecule has 0 spiro atoms. The summed E-state index contributed by atoms with van der Waals surface area (Å²) in [6.45, 7) is 4.29. The van der Waals surface area contributed by atoms with E-state index in [2.05, 4.69) is 15.2 Å². The van der Waals surface area contributed by atoms with Gasteiger partial charge in [0.2, 0.25) is 5.91 Å². The first-order valence-electron chi connectivity index (χ1n) is 19.3. The van der Waals surface area contributed by atoms with E-state index in [0.29, 0.717) is 35.5 Å². The summed E-state index contributed by atoms with van der Waals surface area (Å²) in [5.41, 5.74) is 3.69. The molecule has 3 saturated heterocycles. The second-order valence-electron chi connectivity index (χ2n) is 14.7. The molecule has 0 atom stereocenters. The molecule has 0 bridgehead atoms. The number of carbonyl (C=O) groups is 3. The number of hydrogen-bond acceptors (Lipinski definition) is 10. The largest absolute Gasteiger partial charge is 0.496 e. The average Bonchev–Trinajstić information content (AvgIpc) is 3.22. The number of likely N-dealkylation sites (tertiary alicyclic amines) is 2. The SMILES string of the molecule is COc1ccc(C(=O)N2CCC(OC3CCN(CCCc4c(OC)cc(-c5cn(C)c(=O)c6cnccc56)cc4OC)CC3)CC2)cc1N1CCC(=O)NC1=O. The number of piperidine rings is 2. The van der Waals surface area contributed by atoms with Crippen molar-refractivity contribution >= 4 is 34.3 Å². The van der Waals surface area contributed by atoms with Gasteiger partial charge < -0.3 is 33.3 Å². The zero-order chi connectivity index (χ0) is 39.3. The van der Waals surface area contributed by atoms with Gasteiger partial charge in [0.1, 0.15) is 17.2 Å². The number of pyridine rings is 2. The van der Waals surface area contributed by atoms with Gasteiger partial charge in [-0.25, -0.2) is 4.79 Å². The molecule has 4 amide bonds. The predicted molar refractivity (Wildman–Crippen MR) is 212 cm³/mol. The molecule has 14 heteroatoms. The number of nitrogens with zero attached hydrogens (tertiary/aromatic N) is 5. The molecule has 3 aliphatic heterocycles. The van der Waals surface area contributed by atoms with Crippen molar-refractivity contribution in [1.82, 2.24) is 24.7 Å². The van der Waals surface area contributed by atoms with Crippen LogP contribution in [0.2, 0.25) is 0 Å². The van der Waals surface area contributed by atoms with Crippen molar-refractivity contribution < 1.29 is 33.3 Å². The molecular weight excluding hydrogens is 716 g/mol. The zero-order valence-corrected chi connectivity index (χ0v) is 32.5. The lowest BCUT2D eigenvalue weighted by Gasteiger charge is -2.37. The highest BCUT2D eigenvalue weighted by molar-refractivity contribution is 6.07. The van der Waals surface area contributed by atoms with Crippen molar-refractivity contribution in [2.45, 2.75) is 57.2 Å². The molecule has 1 N–H and O–H groups in total. The van der Waals surface area contributed by atoms with Crippen LogP contribution in [-0.4, -0.2) is 110 Å². The van der Waals surface area contributed by atoms with Crippen LogP contribution in [0.5, 0.6) is 17.2 Å². The summed E-state index contributed by atoms with van der Waals surface area (Å²) in [6, 6.07) is 10.5. The van der Waals surface area contributed by atoms with Crippen LogP contribution < -0.4 is 30.0 Å². The lowest BCUT2D eigenvalue weighted by atomic mass is 9.97. The third-order valence-corrected chi connectivity index (χ3v) is 11.2. The molecular formula is C42H50N6O8. The maximum atomic E-state index is 13.5. The Balaban J connectivity index is 0.886. The number of methoxy groups -OCH3 is 3. The number of hydrogen-bond donors (Lipinski definition) is 1. The van der Waals surface area contributed by atoms with Crippen LogP contribution >= 0.6 is 0 Å². The number of benzene rings is 2. The van der Waals surface area contributed by atoms with E-state index in [1.807, 2.05) is 29.3 Å². The molecule has 5 heterocycles. The number of aryl methyl sites for hydroxylation is 1. The summed E-state index contributed by atoms with van der Waals surface area (Å²) in [7, 11) is 6.62. The monoisotopic (exact) mass is 766 g/mol. The van der Waals surface area contributed by atoms with Crippen molar-refractivity contribution in [2.75, 3.05) is 65.5 Å². The standard InChI is InChI=1S/C42H50N6O8/c1-45-26-34(31-9-15-43-25-33(31)41(45)51)28-23-37(54-3)32(38(24-28)55-4)6-5-16-46-17-10-29(11-18-46)56-30-12-19-47(20-13-30)40(50)27-7-8-36(53-2)35(22-27)48-21-14-39(49)44-42(48)52/h7-9,15,22-26,29-30H,5-6,10-14,16-21H2,1-4H3,(H,44,49,52). The fourth-order valence-electron chi connectivity index (χ4n) is 8.15. The quantitative estimate of drug-likeness (QED) is 0.214. The molecule has 0 unspecified atom stereocenters. The first-order valence-corrected chi connectivity index (χ1v) is 19.3. The number of rotatable bonds is 12. The van der Waals surface area contributed by atoms with Crippen LogP contribution in [0.25, 0.3) is 21.9 Å². The Morgan fingerprint density at radius 2 is 1.52 bits per heavy atom. The summed E-state index contributed by atoms with van der Waals surface area (Å²) in [4.78, 5) is 60.4. The smallest absolute Gasteiger partial charge is 0.328 e. The topological polar surface area (TPSA) is 145 Å². The molecule has 3 aliphatic rings. The average molecular weight is 767 g/mol. The lowest BCUT2D eigenvalue weighted by Crippen LogP contribution is -2.49. The van der Waals surface area contributed by atoms with Gasteiger partial charge in [-0.15, -0.1) is 0 Å². The van der Waals surface area contributed by atoms with E-state index < -0.39 is 6.03 Å². The number of amides is 4. The summed E-state index contributed by atoms with van der Waals surface area (Å²) >= 11 is 0. The van der Waals surface area contributed by atoms with E-state index in [9.17, 15) is 19.2 Å². The Labute approximate surface area is 326 Å². The van der Waals surface area contributed by atoms with E-state index in [-0.39, 0.29) is 42.5 Å². The first kappa shape index (κ1) is 38.8. The molecule has 0 radical (unpaired) electrons. The van der Waals surface area contributed by atoms with Crippen molar-refractivity contribution in [1.29, 1.82) is 0 Å². The Morgan fingerprint density at radius 1 is 0.839 bits per heavy atom. The highest BCUT2D eigenvalue weighted by atomic mass is 16.5. The van der Waals surface area contributed by atoms with E-state index in [0.717, 1.165) is 91.7 Å². The molecule has 2 aromatic carbocycles. The molecule has 3 fully saturated rings. The van der Waals surface area contributed by atoms with Crippen LogP contribution in [0.15, 0.2) is 59.8 Å². The fraction of sp³-hybridized carbons (Fsp3) is 0.452. The minimum atomic E-state index is -0.524. The van der Waals surface area contributed by atoms with Gasteiger partial charge in [-0.3, -0.25) is 29.6 Å².